The van der Waals surface area contributed by atoms with Gasteiger partial charge >= 0.3 is 0 Å². The van der Waals surface area contributed by atoms with Crippen molar-refractivity contribution in [3.05, 3.63) is 59.9 Å². The molecule has 1 fully saturated rings. The lowest BCUT2D eigenvalue weighted by Gasteiger charge is -2.24. The van der Waals surface area contributed by atoms with E-state index in [-0.39, 0.29) is 11.8 Å². The van der Waals surface area contributed by atoms with E-state index >= 15 is 0 Å². The van der Waals surface area contributed by atoms with Crippen LogP contribution in [-0.4, -0.2) is 38.9 Å². The summed E-state index contributed by atoms with van der Waals surface area (Å²) in [7, 11) is 0. The average molecular weight is 402 g/mol. The van der Waals surface area contributed by atoms with E-state index in [1.165, 1.54) is 19.3 Å². The summed E-state index contributed by atoms with van der Waals surface area (Å²) < 4.78 is 2.31. The lowest BCUT2D eigenvalue weighted by atomic mass is 10.1. The fourth-order valence-corrected chi connectivity index (χ4v) is 4.68. The molecule has 2 aromatic carbocycles. The summed E-state index contributed by atoms with van der Waals surface area (Å²) in [5, 5.41) is 3.02. The number of nitrogens with one attached hydrogen (secondary N) is 1. The highest BCUT2D eigenvalue weighted by Crippen LogP contribution is 2.26. The van der Waals surface area contributed by atoms with E-state index < -0.39 is 6.04 Å². The van der Waals surface area contributed by atoms with E-state index in [2.05, 4.69) is 9.88 Å². The van der Waals surface area contributed by atoms with E-state index in [4.69, 9.17) is 4.98 Å². The number of amides is 2. The van der Waals surface area contributed by atoms with Crippen LogP contribution in [0.2, 0.25) is 0 Å². The normalized spacial score (nSPS) is 18.8. The van der Waals surface area contributed by atoms with Gasteiger partial charge in [0.15, 0.2) is 0 Å². The molecular weight excluding hydrogens is 376 g/mol. The molecule has 6 nitrogen and oxygen atoms in total. The first-order chi connectivity index (χ1) is 14.7. The Morgan fingerprint density at radius 1 is 0.967 bits per heavy atom. The Morgan fingerprint density at radius 3 is 2.70 bits per heavy atom. The van der Waals surface area contributed by atoms with Crippen molar-refractivity contribution >= 4 is 28.5 Å². The standard InChI is InChI=1S/C24H26N4O2/c29-23(21-10-7-15-28(21)24(30)17-8-3-1-4-9-17)25-18-12-13-20-19(16-18)26-22-11-5-2-6-14-27(20)22/h1,3-4,8-9,12-13,16,21H,2,5-7,10-11,14-15H2,(H,25,29)/t21-/m1/s1. The predicted molar refractivity (Wildman–Crippen MR) is 116 cm³/mol. The zero-order chi connectivity index (χ0) is 20.5. The molecule has 2 aliphatic rings. The number of benzene rings is 2. The predicted octanol–water partition coefficient (Wildman–Crippen LogP) is 4.01. The maximum Gasteiger partial charge on any atom is 0.254 e. The Labute approximate surface area is 175 Å². The third-order valence-corrected chi connectivity index (χ3v) is 6.21. The van der Waals surface area contributed by atoms with Gasteiger partial charge in [0.1, 0.15) is 11.9 Å². The first-order valence-electron chi connectivity index (χ1n) is 10.9. The van der Waals surface area contributed by atoms with Gasteiger partial charge in [0.05, 0.1) is 11.0 Å². The van der Waals surface area contributed by atoms with Crippen molar-refractivity contribution in [2.45, 2.75) is 51.1 Å². The van der Waals surface area contributed by atoms with Gasteiger partial charge < -0.3 is 14.8 Å². The number of carbonyl (C=O) groups excluding carboxylic acids is 2. The fraction of sp³-hybridized carbons (Fsp3) is 0.375. The van der Waals surface area contributed by atoms with E-state index in [1.807, 2.05) is 36.4 Å². The molecule has 0 unspecified atom stereocenters. The van der Waals surface area contributed by atoms with Crippen LogP contribution < -0.4 is 5.32 Å². The summed E-state index contributed by atoms with van der Waals surface area (Å²) in [6.07, 6.45) is 6.15. The molecule has 2 aliphatic heterocycles. The lowest BCUT2D eigenvalue weighted by molar-refractivity contribution is -0.119. The molecule has 0 spiro atoms. The highest BCUT2D eigenvalue weighted by atomic mass is 16.2. The van der Waals surface area contributed by atoms with Crippen LogP contribution in [-0.2, 0) is 17.8 Å². The number of imidazole rings is 1. The first-order valence-corrected chi connectivity index (χ1v) is 10.9. The molecule has 0 saturated carbocycles. The van der Waals surface area contributed by atoms with Gasteiger partial charge in [0.25, 0.3) is 5.91 Å². The molecule has 2 amide bonds. The minimum Gasteiger partial charge on any atom is -0.328 e. The molecule has 3 heterocycles. The molecule has 1 N–H and O–H groups in total. The van der Waals surface area contributed by atoms with E-state index in [0.29, 0.717) is 18.5 Å². The van der Waals surface area contributed by atoms with E-state index in [1.54, 1.807) is 17.0 Å². The smallest absolute Gasteiger partial charge is 0.254 e. The third-order valence-electron chi connectivity index (χ3n) is 6.21. The number of anilines is 1. The number of hydrogen-bond acceptors (Lipinski definition) is 3. The molecule has 6 heteroatoms. The van der Waals surface area contributed by atoms with Crippen molar-refractivity contribution < 1.29 is 9.59 Å². The summed E-state index contributed by atoms with van der Waals surface area (Å²) in [6, 6.07) is 14.7. The monoisotopic (exact) mass is 402 g/mol. The summed E-state index contributed by atoms with van der Waals surface area (Å²) in [4.78, 5) is 32.4. The minimum absolute atomic E-state index is 0.0819. The van der Waals surface area contributed by atoms with Gasteiger partial charge in [0.2, 0.25) is 5.91 Å². The van der Waals surface area contributed by atoms with Gasteiger partial charge in [-0.3, -0.25) is 9.59 Å². The van der Waals surface area contributed by atoms with Crippen LogP contribution in [0, 0.1) is 0 Å². The molecule has 0 radical (unpaired) electrons. The number of carbonyl (C=O) groups is 2. The van der Waals surface area contributed by atoms with Crippen LogP contribution in [0.4, 0.5) is 5.69 Å². The Kier molecular flexibility index (Phi) is 4.99. The number of nitrogens with zero attached hydrogens (tertiary/aromatic N) is 3. The van der Waals surface area contributed by atoms with Crippen molar-refractivity contribution in [2.24, 2.45) is 0 Å². The molecule has 5 rings (SSSR count). The lowest BCUT2D eigenvalue weighted by Crippen LogP contribution is -2.43. The van der Waals surface area contributed by atoms with Crippen molar-refractivity contribution in [1.82, 2.24) is 14.5 Å². The minimum atomic E-state index is -0.438. The zero-order valence-corrected chi connectivity index (χ0v) is 17.0. The number of aryl methyl sites for hydroxylation is 2. The van der Waals surface area contributed by atoms with Crippen LogP contribution in [0.3, 0.4) is 0 Å². The van der Waals surface area contributed by atoms with Gasteiger partial charge in [0, 0.05) is 30.8 Å². The second kappa shape index (κ2) is 7.94. The molecule has 3 aromatic rings. The van der Waals surface area contributed by atoms with Gasteiger partial charge in [-0.1, -0.05) is 24.6 Å². The van der Waals surface area contributed by atoms with Crippen LogP contribution in [0.15, 0.2) is 48.5 Å². The summed E-state index contributed by atoms with van der Waals surface area (Å²) in [6.45, 7) is 1.62. The maximum atomic E-state index is 13.0. The van der Waals surface area contributed by atoms with Crippen LogP contribution in [0.5, 0.6) is 0 Å². The molecule has 30 heavy (non-hydrogen) atoms. The second-order valence-electron chi connectivity index (χ2n) is 8.21. The Hall–Kier alpha value is -3.15. The van der Waals surface area contributed by atoms with Crippen LogP contribution >= 0.6 is 0 Å². The largest absolute Gasteiger partial charge is 0.328 e. The molecular formula is C24H26N4O2. The zero-order valence-electron chi connectivity index (χ0n) is 17.0. The van der Waals surface area contributed by atoms with Crippen LogP contribution in [0.25, 0.3) is 11.0 Å². The molecule has 154 valence electrons. The number of rotatable bonds is 3. The second-order valence-corrected chi connectivity index (χ2v) is 8.21. The summed E-state index contributed by atoms with van der Waals surface area (Å²) >= 11 is 0. The highest BCUT2D eigenvalue weighted by Gasteiger charge is 2.34. The third kappa shape index (κ3) is 3.47. The van der Waals surface area contributed by atoms with Crippen molar-refractivity contribution in [3.8, 4) is 0 Å². The van der Waals surface area contributed by atoms with E-state index in [0.717, 1.165) is 41.9 Å². The Balaban J connectivity index is 1.34. The molecule has 1 atom stereocenters. The Bertz CT molecular complexity index is 1090. The molecule has 1 saturated heterocycles. The van der Waals surface area contributed by atoms with Crippen LogP contribution in [0.1, 0.15) is 48.3 Å². The average Bonchev–Trinajstić information content (AvgIpc) is 3.32. The quantitative estimate of drug-likeness (QED) is 0.720. The van der Waals surface area contributed by atoms with Gasteiger partial charge in [-0.2, -0.15) is 0 Å². The maximum absolute atomic E-state index is 13.0. The summed E-state index contributed by atoms with van der Waals surface area (Å²) in [5.74, 6) is 0.930. The number of likely N-dealkylation sites (tertiary alicyclic amines) is 1. The van der Waals surface area contributed by atoms with Crippen molar-refractivity contribution in [1.29, 1.82) is 0 Å². The molecule has 1 aromatic heterocycles. The highest BCUT2D eigenvalue weighted by molar-refractivity contribution is 6.02. The molecule has 0 aliphatic carbocycles. The summed E-state index contributed by atoms with van der Waals surface area (Å²) in [5.41, 5.74) is 3.41. The van der Waals surface area contributed by atoms with Gasteiger partial charge in [-0.15, -0.1) is 0 Å². The van der Waals surface area contributed by atoms with Crippen molar-refractivity contribution in [2.75, 3.05) is 11.9 Å². The molecule has 0 bridgehead atoms. The number of hydrogen-bond donors (Lipinski definition) is 1. The van der Waals surface area contributed by atoms with Gasteiger partial charge in [-0.05, 0) is 56.0 Å². The Morgan fingerprint density at radius 2 is 1.83 bits per heavy atom. The fourth-order valence-electron chi connectivity index (χ4n) is 4.68. The first kappa shape index (κ1) is 18.9. The number of fused-ring (bicyclic) bond motifs is 3. The topological polar surface area (TPSA) is 67.2 Å². The number of aromatic nitrogens is 2. The van der Waals surface area contributed by atoms with E-state index in [9.17, 15) is 9.59 Å². The van der Waals surface area contributed by atoms with Gasteiger partial charge in [-0.25, -0.2) is 4.98 Å². The van der Waals surface area contributed by atoms with Crippen molar-refractivity contribution in [3.63, 3.8) is 0 Å². The SMILES string of the molecule is O=C(Nc1ccc2c(c1)nc1n2CCCCC1)[C@H]1CCCN1C(=O)c1ccccc1.